The number of thioether (sulfide) groups is 1. The summed E-state index contributed by atoms with van der Waals surface area (Å²) in [6.07, 6.45) is 3.74. The second kappa shape index (κ2) is 18.3. The van der Waals surface area contributed by atoms with Gasteiger partial charge in [-0.25, -0.2) is 8.42 Å². The molecule has 8 nitrogen and oxygen atoms in total. The first-order valence-corrected chi connectivity index (χ1v) is 19.4. The van der Waals surface area contributed by atoms with E-state index in [1.165, 1.54) is 28.8 Å². The maximum absolute atomic E-state index is 14.7. The molecule has 0 radical (unpaired) electrons. The smallest absolute Gasteiger partial charge is 0.264 e. The molecule has 260 valence electrons. The highest BCUT2D eigenvalue weighted by atomic mass is 35.5. The molecule has 0 aliphatic carbocycles. The Morgan fingerprint density at radius 1 is 0.918 bits per heavy atom. The van der Waals surface area contributed by atoms with Gasteiger partial charge in [-0.1, -0.05) is 72.9 Å². The molecule has 1 atom stereocenters. The van der Waals surface area contributed by atoms with Crippen LogP contribution in [0, 0.1) is 0 Å². The van der Waals surface area contributed by atoms with E-state index in [-0.39, 0.29) is 29.5 Å². The van der Waals surface area contributed by atoms with Gasteiger partial charge in [0.05, 0.1) is 17.2 Å². The van der Waals surface area contributed by atoms with Gasteiger partial charge in [0.1, 0.15) is 18.3 Å². The molecule has 0 heterocycles. The summed E-state index contributed by atoms with van der Waals surface area (Å²) in [4.78, 5) is 30.9. The summed E-state index contributed by atoms with van der Waals surface area (Å²) in [6.45, 7) is 4.10. The van der Waals surface area contributed by atoms with Crippen molar-refractivity contribution < 1.29 is 22.7 Å². The average Bonchev–Trinajstić information content (AvgIpc) is 3.10. The molecule has 0 saturated carbocycles. The van der Waals surface area contributed by atoms with Gasteiger partial charge in [-0.05, 0) is 91.4 Å². The van der Waals surface area contributed by atoms with Crippen LogP contribution in [0.3, 0.4) is 0 Å². The Morgan fingerprint density at radius 2 is 1.61 bits per heavy atom. The molecule has 0 unspecified atom stereocenters. The third-order valence-electron chi connectivity index (χ3n) is 7.82. The number of benzene rings is 4. The molecule has 0 saturated heterocycles. The van der Waals surface area contributed by atoms with Crippen LogP contribution in [0.15, 0.2) is 107 Å². The molecule has 12 heteroatoms. The summed E-state index contributed by atoms with van der Waals surface area (Å²) in [5, 5.41) is 3.72. The van der Waals surface area contributed by atoms with Gasteiger partial charge in [0.25, 0.3) is 10.0 Å². The van der Waals surface area contributed by atoms with E-state index in [0.717, 1.165) is 27.6 Å². The first-order valence-electron chi connectivity index (χ1n) is 16.0. The molecule has 49 heavy (non-hydrogen) atoms. The van der Waals surface area contributed by atoms with Gasteiger partial charge in [-0.2, -0.15) is 0 Å². The second-order valence-corrected chi connectivity index (χ2v) is 14.8. The second-order valence-electron chi connectivity index (χ2n) is 11.2. The van der Waals surface area contributed by atoms with Crippen molar-refractivity contribution in [3.8, 4) is 5.75 Å². The average molecular weight is 743 g/mol. The molecular formula is C37H41Cl2N3O5S2. The molecule has 4 rings (SSSR count). The molecule has 0 bridgehead atoms. The van der Waals surface area contributed by atoms with Crippen LogP contribution in [-0.2, 0) is 32.6 Å². The van der Waals surface area contributed by atoms with E-state index in [1.807, 2.05) is 50.4 Å². The van der Waals surface area contributed by atoms with Crippen LogP contribution in [0.4, 0.5) is 5.69 Å². The van der Waals surface area contributed by atoms with Gasteiger partial charge in [0.2, 0.25) is 11.8 Å². The highest BCUT2D eigenvalue weighted by Crippen LogP contribution is 2.29. The van der Waals surface area contributed by atoms with Gasteiger partial charge < -0.3 is 15.0 Å². The predicted molar refractivity (Wildman–Crippen MR) is 199 cm³/mol. The third kappa shape index (κ3) is 10.4. The van der Waals surface area contributed by atoms with Crippen molar-refractivity contribution in [1.82, 2.24) is 10.2 Å². The Morgan fingerprint density at radius 3 is 2.22 bits per heavy atom. The lowest BCUT2D eigenvalue weighted by molar-refractivity contribution is -0.140. The largest absolute Gasteiger partial charge is 0.494 e. The first kappa shape index (κ1) is 38.1. The summed E-state index contributed by atoms with van der Waals surface area (Å²) in [5.41, 5.74) is 1.66. The van der Waals surface area contributed by atoms with E-state index in [2.05, 4.69) is 5.32 Å². The van der Waals surface area contributed by atoms with Crippen molar-refractivity contribution in [3.05, 3.63) is 118 Å². The summed E-state index contributed by atoms with van der Waals surface area (Å²) < 4.78 is 35.3. The molecular weight excluding hydrogens is 701 g/mol. The lowest BCUT2D eigenvalue weighted by Crippen LogP contribution is -2.53. The number of nitrogens with zero attached hydrogens (tertiary/aromatic N) is 2. The quantitative estimate of drug-likeness (QED) is 0.0875. The van der Waals surface area contributed by atoms with Gasteiger partial charge >= 0.3 is 0 Å². The fraction of sp³-hybridized carbons (Fsp3) is 0.297. The first-order chi connectivity index (χ1) is 23.6. The summed E-state index contributed by atoms with van der Waals surface area (Å²) in [7, 11) is -4.25. The topological polar surface area (TPSA) is 96.0 Å². The number of hydrogen-bond donors (Lipinski definition) is 1. The highest BCUT2D eigenvalue weighted by molar-refractivity contribution is 7.98. The monoisotopic (exact) mass is 741 g/mol. The van der Waals surface area contributed by atoms with Crippen LogP contribution < -0.4 is 14.4 Å². The minimum atomic E-state index is -4.25. The summed E-state index contributed by atoms with van der Waals surface area (Å²) in [5.74, 6) is -0.375. The number of rotatable bonds is 17. The minimum absolute atomic E-state index is 0.0254. The predicted octanol–water partition coefficient (Wildman–Crippen LogP) is 7.87. The van der Waals surface area contributed by atoms with Crippen LogP contribution in [0.2, 0.25) is 10.0 Å². The number of carbonyl (C=O) groups excluding carboxylic acids is 2. The van der Waals surface area contributed by atoms with E-state index in [9.17, 15) is 18.0 Å². The Hall–Kier alpha value is -3.70. The van der Waals surface area contributed by atoms with Gasteiger partial charge in [-0.3, -0.25) is 13.9 Å². The fourth-order valence-corrected chi connectivity index (χ4v) is 7.46. The molecule has 2 amide bonds. The Labute approximate surface area is 303 Å². The van der Waals surface area contributed by atoms with Crippen molar-refractivity contribution in [2.45, 2.75) is 55.5 Å². The van der Waals surface area contributed by atoms with Crippen LogP contribution in [-0.4, -0.2) is 57.1 Å². The molecule has 4 aromatic rings. The molecule has 0 aliphatic rings. The zero-order chi connectivity index (χ0) is 35.4. The van der Waals surface area contributed by atoms with Gasteiger partial charge in [0, 0.05) is 34.5 Å². The maximum Gasteiger partial charge on any atom is 0.264 e. The maximum atomic E-state index is 14.7. The molecule has 0 aliphatic heterocycles. The number of halogens is 2. The SMILES string of the molecule is CCCCNC(=O)[C@@H](Cc1ccccc1)N(Cc1ccc(Cl)cc1Cl)C(=O)CN(c1ccc(OCC)cc1)S(=O)(=O)c1ccc(SC)cc1. The third-order valence-corrected chi connectivity index (χ3v) is 10.9. The Kier molecular flexibility index (Phi) is 14.3. The van der Waals surface area contributed by atoms with E-state index >= 15 is 0 Å². The van der Waals surface area contributed by atoms with E-state index in [0.29, 0.717) is 34.5 Å². The Balaban J connectivity index is 1.81. The Bertz CT molecular complexity index is 1790. The number of nitrogens with one attached hydrogen (secondary N) is 1. The van der Waals surface area contributed by atoms with Crippen molar-refractivity contribution >= 4 is 62.5 Å². The van der Waals surface area contributed by atoms with Crippen LogP contribution in [0.1, 0.15) is 37.8 Å². The van der Waals surface area contributed by atoms with Crippen molar-refractivity contribution in [2.75, 3.05) is 30.3 Å². The highest BCUT2D eigenvalue weighted by Gasteiger charge is 2.35. The number of unbranched alkanes of at least 4 members (excludes halogenated alkanes) is 1. The lowest BCUT2D eigenvalue weighted by Gasteiger charge is -2.34. The fourth-order valence-electron chi connectivity index (χ4n) is 5.17. The normalized spacial score (nSPS) is 11.9. The number of hydrogen-bond acceptors (Lipinski definition) is 6. The van der Waals surface area contributed by atoms with E-state index in [1.54, 1.807) is 54.6 Å². The van der Waals surface area contributed by atoms with E-state index in [4.69, 9.17) is 27.9 Å². The lowest BCUT2D eigenvalue weighted by atomic mass is 10.0. The molecule has 0 spiro atoms. The number of amides is 2. The molecule has 1 N–H and O–H groups in total. The molecule has 0 fully saturated rings. The van der Waals surface area contributed by atoms with E-state index < -0.39 is 28.5 Å². The van der Waals surface area contributed by atoms with Gasteiger partial charge in [-0.15, -0.1) is 11.8 Å². The number of sulfonamides is 1. The minimum Gasteiger partial charge on any atom is -0.494 e. The zero-order valence-electron chi connectivity index (χ0n) is 27.8. The summed E-state index contributed by atoms with van der Waals surface area (Å²) >= 11 is 14.3. The van der Waals surface area contributed by atoms with Crippen molar-refractivity contribution in [3.63, 3.8) is 0 Å². The number of anilines is 1. The zero-order valence-corrected chi connectivity index (χ0v) is 30.9. The van der Waals surface area contributed by atoms with Gasteiger partial charge in [0.15, 0.2) is 0 Å². The number of ether oxygens (including phenoxy) is 1. The number of carbonyl (C=O) groups is 2. The molecule has 0 aromatic heterocycles. The molecule has 4 aromatic carbocycles. The standard InChI is InChI=1S/C37H41Cl2N3O5S2/c1-4-6-22-40-37(44)35(23-27-10-8-7-9-11-27)41(25-28-12-13-29(38)24-34(28)39)36(43)26-42(30-14-16-31(17-15-30)47-5-2)49(45,46)33-20-18-32(48-3)19-21-33/h7-21,24,35H,4-6,22-23,25-26H2,1-3H3,(H,40,44)/t35-/m1/s1. The van der Waals surface area contributed by atoms with Crippen LogP contribution in [0.25, 0.3) is 0 Å². The van der Waals surface area contributed by atoms with Crippen LogP contribution in [0.5, 0.6) is 5.75 Å². The van der Waals surface area contributed by atoms with Crippen molar-refractivity contribution in [1.29, 1.82) is 0 Å². The summed E-state index contributed by atoms with van der Waals surface area (Å²) in [6, 6.07) is 26.4. The van der Waals surface area contributed by atoms with Crippen molar-refractivity contribution in [2.24, 2.45) is 0 Å². The van der Waals surface area contributed by atoms with Crippen LogP contribution >= 0.6 is 35.0 Å².